The van der Waals surface area contributed by atoms with Crippen molar-refractivity contribution in [1.82, 2.24) is 24.8 Å². The second kappa shape index (κ2) is 10.8. The van der Waals surface area contributed by atoms with Crippen LogP contribution >= 0.6 is 0 Å². The van der Waals surface area contributed by atoms with Crippen LogP contribution in [0, 0.1) is 17.5 Å². The molecule has 0 unspecified atom stereocenters. The van der Waals surface area contributed by atoms with Gasteiger partial charge in [-0.2, -0.15) is 10.1 Å². The van der Waals surface area contributed by atoms with Gasteiger partial charge in [0.25, 0.3) is 5.56 Å². The molecule has 0 atom stereocenters. The monoisotopic (exact) mass is 524 g/mol. The maximum Gasteiger partial charge on any atom is 0.324 e. The Morgan fingerprint density at radius 1 is 1.03 bits per heavy atom. The Balaban J connectivity index is 1.34. The summed E-state index contributed by atoms with van der Waals surface area (Å²) in [5.74, 6) is -3.80. The quantitative estimate of drug-likeness (QED) is 0.333. The molecule has 0 bridgehead atoms. The summed E-state index contributed by atoms with van der Waals surface area (Å²) in [6.45, 7) is 5.38. The molecule has 0 amide bonds. The molecule has 4 aromatic rings. The molecule has 0 saturated carbocycles. The van der Waals surface area contributed by atoms with Crippen molar-refractivity contribution in [2.24, 2.45) is 0 Å². The molecule has 8 nitrogen and oxygen atoms in total. The average molecular weight is 525 g/mol. The zero-order chi connectivity index (χ0) is 26.8. The fourth-order valence-electron chi connectivity index (χ4n) is 4.66. The first-order chi connectivity index (χ1) is 18.3. The molecule has 2 aromatic carbocycles. The number of benzene rings is 2. The molecule has 38 heavy (non-hydrogen) atoms. The van der Waals surface area contributed by atoms with Crippen molar-refractivity contribution in [1.29, 1.82) is 0 Å². The van der Waals surface area contributed by atoms with E-state index in [1.165, 1.54) is 16.8 Å². The van der Waals surface area contributed by atoms with E-state index in [-0.39, 0.29) is 17.8 Å². The van der Waals surface area contributed by atoms with Crippen LogP contribution in [0.3, 0.4) is 0 Å². The predicted octanol–water partition coefficient (Wildman–Crippen LogP) is 4.35. The molecule has 1 aliphatic rings. The number of anilines is 1. The maximum absolute atomic E-state index is 13.7. The van der Waals surface area contributed by atoms with E-state index < -0.39 is 23.0 Å². The zero-order valence-electron chi connectivity index (χ0n) is 21.1. The summed E-state index contributed by atoms with van der Waals surface area (Å²) in [6, 6.07) is 12.3. The molecule has 0 aliphatic carbocycles. The molecule has 0 spiro atoms. The lowest BCUT2D eigenvalue weighted by Crippen LogP contribution is -2.43. The van der Waals surface area contributed by atoms with Gasteiger partial charge in [-0.15, -0.1) is 0 Å². The van der Waals surface area contributed by atoms with Crippen molar-refractivity contribution in [3.63, 3.8) is 0 Å². The molecule has 0 radical (unpaired) electrons. The van der Waals surface area contributed by atoms with Gasteiger partial charge in [0.2, 0.25) is 5.82 Å². The van der Waals surface area contributed by atoms with E-state index in [1.807, 2.05) is 36.2 Å². The molecule has 198 valence electrons. The number of likely N-dealkylation sites (tertiary alicyclic amines) is 1. The number of aromatic nitrogens is 4. The lowest BCUT2D eigenvalue weighted by molar-refractivity contribution is 0.217. The second-order valence-corrected chi connectivity index (χ2v) is 9.35. The molecular formula is C27H27F3N6O2. The number of halogens is 3. The van der Waals surface area contributed by atoms with E-state index in [0.717, 1.165) is 50.2 Å². The maximum atomic E-state index is 13.7. The number of piperidine rings is 1. The molecular weight excluding hydrogens is 497 g/mol. The van der Waals surface area contributed by atoms with E-state index >= 15 is 0 Å². The van der Waals surface area contributed by atoms with E-state index in [9.17, 15) is 18.0 Å². The fraction of sp³-hybridized carbons (Fsp3) is 0.333. The highest BCUT2D eigenvalue weighted by Gasteiger charge is 2.25. The van der Waals surface area contributed by atoms with Crippen LogP contribution in [-0.4, -0.2) is 57.5 Å². The van der Waals surface area contributed by atoms with E-state index in [2.05, 4.69) is 27.1 Å². The van der Waals surface area contributed by atoms with Crippen LogP contribution in [0.1, 0.15) is 25.3 Å². The van der Waals surface area contributed by atoms with Gasteiger partial charge in [-0.1, -0.05) is 30.3 Å². The minimum atomic E-state index is -1.56. The van der Waals surface area contributed by atoms with E-state index in [1.54, 1.807) is 0 Å². The van der Waals surface area contributed by atoms with Gasteiger partial charge in [0.1, 0.15) is 0 Å². The molecule has 0 N–H and O–H groups in total. The lowest BCUT2D eigenvalue weighted by atomic mass is 10.0. The standard InChI is InChI=1S/C27H27F3N6O2/c1-3-35-11-9-20(10-12-35)34(2)27-31-26(33-38-27)18-6-4-5-17(13-18)16-36-24(37)8-7-23(32-36)19-14-21(28)25(30)22(29)15-19/h4-8,13-15,20H,3,9-12,16H2,1-2H3. The van der Waals surface area contributed by atoms with Crippen molar-refractivity contribution < 1.29 is 17.7 Å². The van der Waals surface area contributed by atoms with E-state index in [4.69, 9.17) is 4.52 Å². The van der Waals surface area contributed by atoms with Crippen molar-refractivity contribution in [2.45, 2.75) is 32.4 Å². The molecule has 3 heterocycles. The van der Waals surface area contributed by atoms with Crippen LogP contribution in [0.2, 0.25) is 0 Å². The predicted molar refractivity (Wildman–Crippen MR) is 136 cm³/mol. The Morgan fingerprint density at radius 3 is 2.47 bits per heavy atom. The van der Waals surface area contributed by atoms with Crippen LogP contribution in [0.5, 0.6) is 0 Å². The molecule has 2 aromatic heterocycles. The third kappa shape index (κ3) is 5.33. The summed E-state index contributed by atoms with van der Waals surface area (Å²) < 4.78 is 47.5. The Morgan fingerprint density at radius 2 is 1.76 bits per heavy atom. The molecule has 11 heteroatoms. The summed E-state index contributed by atoms with van der Waals surface area (Å²) in [7, 11) is 1.96. The Hall–Kier alpha value is -3.99. The normalized spacial score (nSPS) is 14.7. The van der Waals surface area contributed by atoms with Crippen molar-refractivity contribution in [3.8, 4) is 22.6 Å². The first-order valence-electron chi connectivity index (χ1n) is 12.4. The van der Waals surface area contributed by atoms with Gasteiger partial charge in [-0.25, -0.2) is 17.9 Å². The van der Waals surface area contributed by atoms with Crippen molar-refractivity contribution >= 4 is 6.01 Å². The summed E-state index contributed by atoms with van der Waals surface area (Å²) >= 11 is 0. The van der Waals surface area contributed by atoms with Gasteiger partial charge < -0.3 is 14.3 Å². The van der Waals surface area contributed by atoms with Gasteiger partial charge >= 0.3 is 6.01 Å². The SMILES string of the molecule is CCN1CCC(N(C)c2nc(-c3cccc(Cn4nc(-c5cc(F)c(F)c(F)c5)ccc4=O)c3)no2)CC1. The third-order valence-corrected chi connectivity index (χ3v) is 6.93. The Bertz CT molecular complexity index is 1470. The number of rotatable bonds is 7. The van der Waals surface area contributed by atoms with Crippen molar-refractivity contribution in [3.05, 3.63) is 81.9 Å². The average Bonchev–Trinajstić information content (AvgIpc) is 3.43. The fourth-order valence-corrected chi connectivity index (χ4v) is 4.66. The number of nitrogens with zero attached hydrogens (tertiary/aromatic N) is 6. The second-order valence-electron chi connectivity index (χ2n) is 9.35. The van der Waals surface area contributed by atoms with Gasteiger partial charge in [0.15, 0.2) is 17.5 Å². The highest BCUT2D eigenvalue weighted by Crippen LogP contribution is 2.25. The third-order valence-electron chi connectivity index (χ3n) is 6.93. The Kier molecular flexibility index (Phi) is 7.28. The van der Waals surface area contributed by atoms with Gasteiger partial charge in [0, 0.05) is 43.4 Å². The first kappa shape index (κ1) is 25.7. The van der Waals surface area contributed by atoms with Crippen molar-refractivity contribution in [2.75, 3.05) is 31.6 Å². The molecule has 1 fully saturated rings. The lowest BCUT2D eigenvalue weighted by Gasteiger charge is -2.35. The zero-order valence-corrected chi connectivity index (χ0v) is 21.1. The summed E-state index contributed by atoms with van der Waals surface area (Å²) in [5, 5.41) is 8.38. The summed E-state index contributed by atoms with van der Waals surface area (Å²) in [4.78, 5) is 21.5. The van der Waals surface area contributed by atoms with Crippen LogP contribution < -0.4 is 10.5 Å². The first-order valence-corrected chi connectivity index (χ1v) is 12.4. The highest BCUT2D eigenvalue weighted by atomic mass is 19.2. The van der Waals surface area contributed by atoms with E-state index in [0.29, 0.717) is 23.4 Å². The minimum Gasteiger partial charge on any atom is -0.324 e. The highest BCUT2D eigenvalue weighted by molar-refractivity contribution is 5.59. The smallest absolute Gasteiger partial charge is 0.324 e. The number of hydrogen-bond donors (Lipinski definition) is 0. The molecule has 1 aliphatic heterocycles. The van der Waals surface area contributed by atoms with Crippen LogP contribution in [0.25, 0.3) is 22.6 Å². The Labute approximate surface area is 217 Å². The van der Waals surface area contributed by atoms with Crippen LogP contribution in [-0.2, 0) is 6.54 Å². The molecule has 5 rings (SSSR count). The largest absolute Gasteiger partial charge is 0.324 e. The number of hydrogen-bond acceptors (Lipinski definition) is 7. The summed E-state index contributed by atoms with van der Waals surface area (Å²) in [6.07, 6.45) is 2.05. The topological polar surface area (TPSA) is 80.3 Å². The minimum absolute atomic E-state index is 0.0210. The van der Waals surface area contributed by atoms with Gasteiger partial charge in [-0.05, 0) is 49.2 Å². The van der Waals surface area contributed by atoms with Crippen LogP contribution in [0.4, 0.5) is 19.2 Å². The van der Waals surface area contributed by atoms with Gasteiger partial charge in [-0.3, -0.25) is 4.79 Å². The van der Waals surface area contributed by atoms with Gasteiger partial charge in [0.05, 0.1) is 12.2 Å². The summed E-state index contributed by atoms with van der Waals surface area (Å²) in [5.41, 5.74) is 1.19. The van der Waals surface area contributed by atoms with Crippen LogP contribution in [0.15, 0.2) is 57.8 Å². The molecule has 1 saturated heterocycles.